The molecule has 0 amide bonds. The van der Waals surface area contributed by atoms with E-state index >= 15 is 0 Å². The summed E-state index contributed by atoms with van der Waals surface area (Å²) < 4.78 is 26.6. The summed E-state index contributed by atoms with van der Waals surface area (Å²) in [6.07, 6.45) is 1.62. The number of thiophene rings is 1. The van der Waals surface area contributed by atoms with E-state index in [0.717, 1.165) is 9.75 Å². The van der Waals surface area contributed by atoms with Gasteiger partial charge in [0, 0.05) is 35.4 Å². The molecule has 4 nitrogen and oxygen atoms in total. The van der Waals surface area contributed by atoms with Crippen molar-refractivity contribution in [3.8, 4) is 0 Å². The second-order valence-electron chi connectivity index (χ2n) is 4.91. The fourth-order valence-electron chi connectivity index (χ4n) is 1.85. The lowest BCUT2D eigenvalue weighted by atomic mass is 10.3. The predicted molar refractivity (Wildman–Crippen MR) is 85.7 cm³/mol. The molecule has 20 heavy (non-hydrogen) atoms. The SMILES string of the molecule is C=CCN(CC)S(=O)(=O)c1cc(CNC(C)C)sc1C. The molecule has 0 aliphatic carbocycles. The van der Waals surface area contributed by atoms with Gasteiger partial charge in [-0.15, -0.1) is 17.9 Å². The van der Waals surface area contributed by atoms with E-state index in [1.807, 2.05) is 13.8 Å². The van der Waals surface area contributed by atoms with Crippen LogP contribution in [0.25, 0.3) is 0 Å². The van der Waals surface area contributed by atoms with Crippen LogP contribution in [0, 0.1) is 6.92 Å². The molecule has 0 bridgehead atoms. The topological polar surface area (TPSA) is 49.4 Å². The lowest BCUT2D eigenvalue weighted by molar-refractivity contribution is 0.459. The Morgan fingerprint density at radius 1 is 1.50 bits per heavy atom. The molecule has 0 aliphatic heterocycles. The molecule has 1 N–H and O–H groups in total. The molecule has 1 aromatic heterocycles. The Morgan fingerprint density at radius 2 is 2.15 bits per heavy atom. The molecule has 0 aromatic carbocycles. The van der Waals surface area contributed by atoms with Gasteiger partial charge in [0.15, 0.2) is 0 Å². The zero-order valence-electron chi connectivity index (χ0n) is 12.6. The van der Waals surface area contributed by atoms with E-state index in [0.29, 0.717) is 30.6 Å². The first-order valence-corrected chi connectivity index (χ1v) is 9.02. The van der Waals surface area contributed by atoms with Crippen molar-refractivity contribution in [3.05, 3.63) is 28.5 Å². The van der Waals surface area contributed by atoms with Crippen molar-refractivity contribution in [1.29, 1.82) is 0 Å². The number of aryl methyl sites for hydroxylation is 1. The number of likely N-dealkylation sites (N-methyl/N-ethyl adjacent to an activating group) is 1. The molecule has 1 heterocycles. The van der Waals surface area contributed by atoms with Gasteiger partial charge in [-0.3, -0.25) is 0 Å². The van der Waals surface area contributed by atoms with Crippen LogP contribution >= 0.6 is 11.3 Å². The lowest BCUT2D eigenvalue weighted by Gasteiger charge is -2.18. The van der Waals surface area contributed by atoms with Gasteiger partial charge in [0.1, 0.15) is 0 Å². The van der Waals surface area contributed by atoms with Crippen molar-refractivity contribution in [2.75, 3.05) is 13.1 Å². The zero-order valence-corrected chi connectivity index (χ0v) is 14.3. The number of hydrogen-bond acceptors (Lipinski definition) is 4. The van der Waals surface area contributed by atoms with E-state index in [9.17, 15) is 8.42 Å². The van der Waals surface area contributed by atoms with E-state index < -0.39 is 10.0 Å². The number of sulfonamides is 1. The van der Waals surface area contributed by atoms with E-state index in [1.165, 1.54) is 15.6 Å². The van der Waals surface area contributed by atoms with Gasteiger partial charge in [0.2, 0.25) is 10.0 Å². The van der Waals surface area contributed by atoms with E-state index in [1.54, 1.807) is 12.1 Å². The first kappa shape index (κ1) is 17.4. The van der Waals surface area contributed by atoms with Crippen LogP contribution in [0.2, 0.25) is 0 Å². The minimum atomic E-state index is -3.42. The molecule has 0 atom stereocenters. The Morgan fingerprint density at radius 3 is 2.65 bits per heavy atom. The van der Waals surface area contributed by atoms with Crippen LogP contribution in [0.5, 0.6) is 0 Å². The van der Waals surface area contributed by atoms with Gasteiger partial charge in [-0.05, 0) is 13.0 Å². The highest BCUT2D eigenvalue weighted by Gasteiger charge is 2.25. The van der Waals surface area contributed by atoms with Crippen LogP contribution in [0.1, 0.15) is 30.5 Å². The summed E-state index contributed by atoms with van der Waals surface area (Å²) in [6.45, 7) is 12.9. The third-order valence-corrected chi connectivity index (χ3v) is 6.16. The minimum absolute atomic E-state index is 0.341. The molecule has 0 unspecified atom stereocenters. The van der Waals surface area contributed by atoms with Crippen LogP contribution < -0.4 is 5.32 Å². The Kier molecular flexibility index (Phi) is 6.39. The second-order valence-corrected chi connectivity index (χ2v) is 8.16. The van der Waals surface area contributed by atoms with Crippen LogP contribution in [-0.2, 0) is 16.6 Å². The molecule has 0 spiro atoms. The van der Waals surface area contributed by atoms with E-state index in [2.05, 4.69) is 25.7 Å². The summed E-state index contributed by atoms with van der Waals surface area (Å²) in [6, 6.07) is 2.17. The molecule has 1 rings (SSSR count). The molecule has 0 radical (unpaired) electrons. The van der Waals surface area contributed by atoms with Crippen molar-refractivity contribution in [1.82, 2.24) is 9.62 Å². The van der Waals surface area contributed by atoms with Crippen molar-refractivity contribution >= 4 is 21.4 Å². The summed E-state index contributed by atoms with van der Waals surface area (Å²) in [7, 11) is -3.42. The molecule has 6 heteroatoms. The highest BCUT2D eigenvalue weighted by Crippen LogP contribution is 2.28. The van der Waals surface area contributed by atoms with Crippen molar-refractivity contribution in [2.45, 2.75) is 45.2 Å². The Labute approximate surface area is 126 Å². The fourth-order valence-corrected chi connectivity index (χ4v) is 4.83. The van der Waals surface area contributed by atoms with Crippen LogP contribution in [0.15, 0.2) is 23.6 Å². The normalized spacial score (nSPS) is 12.3. The molecule has 0 aliphatic rings. The molecular formula is C14H24N2O2S2. The number of hydrogen-bond donors (Lipinski definition) is 1. The summed E-state index contributed by atoms with van der Waals surface area (Å²) in [4.78, 5) is 2.31. The van der Waals surface area contributed by atoms with Gasteiger partial charge in [0.25, 0.3) is 0 Å². The zero-order chi connectivity index (χ0) is 15.3. The van der Waals surface area contributed by atoms with Crippen molar-refractivity contribution < 1.29 is 8.42 Å². The monoisotopic (exact) mass is 316 g/mol. The van der Waals surface area contributed by atoms with Gasteiger partial charge in [-0.25, -0.2) is 8.42 Å². The standard InChI is InChI=1S/C14H24N2O2S2/c1-6-8-16(7-2)20(17,18)14-9-13(19-12(14)5)10-15-11(3)4/h6,9,11,15H,1,7-8,10H2,2-5H3. The highest BCUT2D eigenvalue weighted by molar-refractivity contribution is 7.89. The third kappa shape index (κ3) is 4.15. The fraction of sp³-hybridized carbons (Fsp3) is 0.571. The van der Waals surface area contributed by atoms with Crippen LogP contribution in [-0.4, -0.2) is 31.9 Å². The Hall–Kier alpha value is -0.690. The smallest absolute Gasteiger partial charge is 0.244 e. The van der Waals surface area contributed by atoms with Gasteiger partial charge in [-0.1, -0.05) is 26.8 Å². The predicted octanol–water partition coefficient (Wildman–Crippen LogP) is 2.75. The number of nitrogens with one attached hydrogen (secondary N) is 1. The first-order valence-electron chi connectivity index (χ1n) is 6.76. The summed E-state index contributed by atoms with van der Waals surface area (Å²) in [5.74, 6) is 0. The van der Waals surface area contributed by atoms with Crippen LogP contribution in [0.3, 0.4) is 0 Å². The molecule has 0 fully saturated rings. The summed E-state index contributed by atoms with van der Waals surface area (Å²) >= 11 is 1.54. The first-order chi connectivity index (χ1) is 9.32. The Balaban J connectivity index is 3.03. The Bertz CT molecular complexity index is 548. The van der Waals surface area contributed by atoms with Gasteiger partial charge in [0.05, 0.1) is 4.90 Å². The minimum Gasteiger partial charge on any atom is -0.310 e. The van der Waals surface area contributed by atoms with Gasteiger partial charge in [-0.2, -0.15) is 4.31 Å². The van der Waals surface area contributed by atoms with Crippen molar-refractivity contribution in [2.24, 2.45) is 0 Å². The quantitative estimate of drug-likeness (QED) is 0.750. The maximum Gasteiger partial charge on any atom is 0.244 e. The average Bonchev–Trinajstić information content (AvgIpc) is 2.75. The highest BCUT2D eigenvalue weighted by atomic mass is 32.2. The van der Waals surface area contributed by atoms with Gasteiger partial charge < -0.3 is 5.32 Å². The molecule has 0 saturated heterocycles. The van der Waals surface area contributed by atoms with E-state index in [-0.39, 0.29) is 0 Å². The molecule has 1 aromatic rings. The summed E-state index contributed by atoms with van der Waals surface area (Å²) in [5, 5.41) is 3.31. The summed E-state index contributed by atoms with van der Waals surface area (Å²) in [5.41, 5.74) is 0. The maximum atomic E-state index is 12.6. The van der Waals surface area contributed by atoms with E-state index in [4.69, 9.17) is 0 Å². The maximum absolute atomic E-state index is 12.6. The molecule has 0 saturated carbocycles. The average molecular weight is 316 g/mol. The largest absolute Gasteiger partial charge is 0.310 e. The number of nitrogens with zero attached hydrogens (tertiary/aromatic N) is 1. The third-order valence-electron chi connectivity index (χ3n) is 2.91. The lowest BCUT2D eigenvalue weighted by Crippen LogP contribution is -2.31. The number of rotatable bonds is 8. The molecule has 114 valence electrons. The van der Waals surface area contributed by atoms with Crippen LogP contribution in [0.4, 0.5) is 0 Å². The second kappa shape index (κ2) is 7.36. The van der Waals surface area contributed by atoms with Crippen molar-refractivity contribution in [3.63, 3.8) is 0 Å². The molecular weight excluding hydrogens is 292 g/mol. The van der Waals surface area contributed by atoms with Gasteiger partial charge >= 0.3 is 0 Å².